The molecule has 2 heterocycles. The molecule has 2 N–H and O–H groups in total. The van der Waals surface area contributed by atoms with Gasteiger partial charge in [-0.15, -0.1) is 0 Å². The van der Waals surface area contributed by atoms with Crippen molar-refractivity contribution < 1.29 is 14.2 Å². The van der Waals surface area contributed by atoms with Crippen LogP contribution in [0.1, 0.15) is 0 Å². The van der Waals surface area contributed by atoms with Gasteiger partial charge in [0.05, 0.1) is 19.7 Å². The van der Waals surface area contributed by atoms with E-state index in [2.05, 4.69) is 26.7 Å². The molecular formula is C25H24N4O3. The summed E-state index contributed by atoms with van der Waals surface area (Å²) < 4.78 is 16.9. The molecule has 1 aliphatic heterocycles. The van der Waals surface area contributed by atoms with Gasteiger partial charge in [-0.1, -0.05) is 30.3 Å². The van der Waals surface area contributed by atoms with Crippen LogP contribution in [-0.2, 0) is 0 Å². The van der Waals surface area contributed by atoms with Gasteiger partial charge in [0.25, 0.3) is 0 Å². The first-order valence-electron chi connectivity index (χ1n) is 10.5. The average molecular weight is 428 g/mol. The van der Waals surface area contributed by atoms with Crippen LogP contribution in [0, 0.1) is 0 Å². The lowest BCUT2D eigenvalue weighted by Gasteiger charge is -2.28. The van der Waals surface area contributed by atoms with E-state index in [0.717, 1.165) is 46.6 Å². The summed E-state index contributed by atoms with van der Waals surface area (Å²) in [6.07, 6.45) is 1.69. The van der Waals surface area contributed by atoms with Gasteiger partial charge < -0.3 is 24.8 Å². The number of ether oxygens (including phenoxy) is 3. The lowest BCUT2D eigenvalue weighted by atomic mass is 10.0. The predicted octanol–water partition coefficient (Wildman–Crippen LogP) is 4.41. The maximum atomic E-state index is 6.12. The van der Waals surface area contributed by atoms with Crippen molar-refractivity contribution in [2.75, 3.05) is 32.6 Å². The fourth-order valence-electron chi connectivity index (χ4n) is 3.68. The Kier molecular flexibility index (Phi) is 5.47. The number of methoxy groups -OCH3 is 2. The second-order valence-corrected chi connectivity index (χ2v) is 7.54. The quantitative estimate of drug-likeness (QED) is 0.451. The van der Waals surface area contributed by atoms with Crippen molar-refractivity contribution in [1.29, 1.82) is 0 Å². The highest BCUT2D eigenvalue weighted by Crippen LogP contribution is 2.37. The fourth-order valence-corrected chi connectivity index (χ4v) is 3.68. The minimum atomic E-state index is 0.137. The molecular weight excluding hydrogens is 404 g/mol. The van der Waals surface area contributed by atoms with Crippen molar-refractivity contribution in [1.82, 2.24) is 15.3 Å². The molecule has 1 saturated heterocycles. The van der Waals surface area contributed by atoms with Crippen LogP contribution in [0.2, 0.25) is 0 Å². The third kappa shape index (κ3) is 3.90. The number of anilines is 2. The number of para-hydroxylation sites is 1. The van der Waals surface area contributed by atoms with E-state index in [1.165, 1.54) is 0 Å². The highest BCUT2D eigenvalue weighted by atomic mass is 16.5. The van der Waals surface area contributed by atoms with E-state index in [1.54, 1.807) is 20.5 Å². The number of hydrogen-bond donors (Lipinski definition) is 2. The summed E-state index contributed by atoms with van der Waals surface area (Å²) in [7, 11) is 3.30. The third-order valence-corrected chi connectivity index (χ3v) is 5.54. The molecule has 0 saturated carbocycles. The summed E-state index contributed by atoms with van der Waals surface area (Å²) in [5.74, 6) is 2.87. The van der Waals surface area contributed by atoms with Crippen molar-refractivity contribution in [3.63, 3.8) is 0 Å². The Bertz CT molecular complexity index is 1240. The third-order valence-electron chi connectivity index (χ3n) is 5.54. The van der Waals surface area contributed by atoms with Crippen LogP contribution in [0.5, 0.6) is 17.2 Å². The molecule has 0 bridgehead atoms. The van der Waals surface area contributed by atoms with Gasteiger partial charge in [-0.25, -0.2) is 9.97 Å². The molecule has 162 valence electrons. The zero-order valence-corrected chi connectivity index (χ0v) is 18.0. The van der Waals surface area contributed by atoms with Crippen molar-refractivity contribution in [3.05, 3.63) is 67.0 Å². The summed E-state index contributed by atoms with van der Waals surface area (Å²) >= 11 is 0. The molecule has 32 heavy (non-hydrogen) atoms. The van der Waals surface area contributed by atoms with Crippen molar-refractivity contribution in [3.8, 4) is 28.4 Å². The van der Waals surface area contributed by atoms with Crippen molar-refractivity contribution >= 4 is 22.4 Å². The Hall–Kier alpha value is -3.84. The number of aromatic nitrogens is 2. The van der Waals surface area contributed by atoms with Crippen LogP contribution in [0.3, 0.4) is 0 Å². The molecule has 0 radical (unpaired) electrons. The van der Waals surface area contributed by atoms with Crippen molar-refractivity contribution in [2.24, 2.45) is 0 Å². The first-order chi connectivity index (χ1) is 15.7. The molecule has 0 atom stereocenters. The highest BCUT2D eigenvalue weighted by molar-refractivity contribution is 5.94. The molecule has 3 aromatic carbocycles. The van der Waals surface area contributed by atoms with E-state index in [-0.39, 0.29) is 6.10 Å². The molecule has 0 spiro atoms. The number of fused-ring (bicyclic) bond motifs is 1. The lowest BCUT2D eigenvalue weighted by Crippen LogP contribution is -2.50. The second-order valence-electron chi connectivity index (χ2n) is 7.54. The van der Waals surface area contributed by atoms with Gasteiger partial charge in [-0.3, -0.25) is 0 Å². The number of nitrogens with one attached hydrogen (secondary N) is 2. The van der Waals surface area contributed by atoms with Gasteiger partial charge in [-0.2, -0.15) is 0 Å². The number of benzene rings is 3. The lowest BCUT2D eigenvalue weighted by molar-refractivity contribution is 0.137. The Morgan fingerprint density at radius 1 is 0.906 bits per heavy atom. The summed E-state index contributed by atoms with van der Waals surface area (Å²) in [4.78, 5) is 8.96. The molecule has 0 aliphatic carbocycles. The van der Waals surface area contributed by atoms with E-state index in [9.17, 15) is 0 Å². The van der Waals surface area contributed by atoms with Gasteiger partial charge >= 0.3 is 0 Å². The Morgan fingerprint density at radius 3 is 2.44 bits per heavy atom. The SMILES string of the molecule is COc1ccc(-c2ccccc2Nc2ncnc3cc(OC)c(OC4CNC4)cc23)cc1. The molecule has 1 fully saturated rings. The first-order valence-corrected chi connectivity index (χ1v) is 10.5. The molecule has 0 amide bonds. The molecule has 1 aliphatic rings. The predicted molar refractivity (Wildman–Crippen MR) is 125 cm³/mol. The molecule has 4 aromatic rings. The minimum Gasteiger partial charge on any atom is -0.497 e. The normalized spacial score (nSPS) is 13.4. The van der Waals surface area contributed by atoms with Crippen LogP contribution in [0.4, 0.5) is 11.5 Å². The second kappa shape index (κ2) is 8.72. The van der Waals surface area contributed by atoms with Gasteiger partial charge in [0.2, 0.25) is 0 Å². The molecule has 5 rings (SSSR count). The standard InChI is InChI=1S/C25H24N4O3/c1-30-17-9-7-16(8-10-17)19-5-3-4-6-21(19)29-25-20-11-24(32-18-13-26-14-18)23(31-2)12-22(20)27-15-28-25/h3-12,15,18,26H,13-14H2,1-2H3,(H,27,28,29). The summed E-state index contributed by atoms with van der Waals surface area (Å²) in [5.41, 5.74) is 3.86. The largest absolute Gasteiger partial charge is 0.497 e. The minimum absolute atomic E-state index is 0.137. The Morgan fingerprint density at radius 2 is 1.72 bits per heavy atom. The summed E-state index contributed by atoms with van der Waals surface area (Å²) in [5, 5.41) is 7.58. The molecule has 0 unspecified atom stereocenters. The highest BCUT2D eigenvalue weighted by Gasteiger charge is 2.21. The van der Waals surface area contributed by atoms with E-state index in [1.807, 2.05) is 54.6 Å². The van der Waals surface area contributed by atoms with Crippen LogP contribution < -0.4 is 24.8 Å². The van der Waals surface area contributed by atoms with Gasteiger partial charge in [0.15, 0.2) is 11.5 Å². The molecule has 1 aromatic heterocycles. The number of rotatable bonds is 7. The Balaban J connectivity index is 1.53. The summed E-state index contributed by atoms with van der Waals surface area (Å²) in [6, 6.07) is 20.0. The number of nitrogens with zero attached hydrogens (tertiary/aromatic N) is 2. The van der Waals surface area contributed by atoms with Crippen molar-refractivity contribution in [2.45, 2.75) is 6.10 Å². The topological polar surface area (TPSA) is 77.5 Å². The van der Waals surface area contributed by atoms with Crippen LogP contribution in [0.15, 0.2) is 67.0 Å². The average Bonchev–Trinajstić information content (AvgIpc) is 2.81. The van der Waals surface area contributed by atoms with Crippen LogP contribution in [0.25, 0.3) is 22.0 Å². The monoisotopic (exact) mass is 428 g/mol. The zero-order chi connectivity index (χ0) is 21.9. The smallest absolute Gasteiger partial charge is 0.162 e. The zero-order valence-electron chi connectivity index (χ0n) is 18.0. The van der Waals surface area contributed by atoms with Gasteiger partial charge in [-0.05, 0) is 29.8 Å². The maximum absolute atomic E-state index is 6.12. The van der Waals surface area contributed by atoms with Crippen LogP contribution >= 0.6 is 0 Å². The fraction of sp³-hybridized carbons (Fsp3) is 0.200. The van der Waals surface area contributed by atoms with Crippen LogP contribution in [-0.4, -0.2) is 43.4 Å². The summed E-state index contributed by atoms with van der Waals surface area (Å²) in [6.45, 7) is 1.65. The molecule has 7 heteroatoms. The van der Waals surface area contributed by atoms with Gasteiger partial charge in [0.1, 0.15) is 24.0 Å². The van der Waals surface area contributed by atoms with E-state index in [4.69, 9.17) is 14.2 Å². The number of hydrogen-bond acceptors (Lipinski definition) is 7. The van der Waals surface area contributed by atoms with Gasteiger partial charge in [0, 0.05) is 35.8 Å². The first kappa shape index (κ1) is 20.1. The maximum Gasteiger partial charge on any atom is 0.162 e. The van der Waals surface area contributed by atoms with E-state index >= 15 is 0 Å². The van der Waals surface area contributed by atoms with E-state index in [0.29, 0.717) is 17.3 Å². The molecule has 7 nitrogen and oxygen atoms in total. The van der Waals surface area contributed by atoms with E-state index < -0.39 is 0 Å². The Labute approximate surface area is 186 Å².